The molecule has 10 aromatic carbocycles. The molecule has 45 heavy (non-hydrogen) atoms. The standard InChI is InChI=1S/C44H26N/c1-3-9-29-23-37-33(19-27(29)7-1)15-17-35-21-31-11-5-13-43(41(31)25-39(35)37)45-44-14-6-12-32-22-36-18-16-34-20-28-8-2-4-10-30(28)24-38(34)40(36)26-42(32)44/h1-26H. The number of fused-ring (bicyclic) bond motifs is 10. The molecule has 0 unspecified atom stereocenters. The first kappa shape index (κ1) is 24.5. The predicted molar refractivity (Wildman–Crippen MR) is 194 cm³/mol. The quantitative estimate of drug-likeness (QED) is 0.145. The van der Waals surface area contributed by atoms with Crippen LogP contribution in [-0.4, -0.2) is 0 Å². The van der Waals surface area contributed by atoms with Gasteiger partial charge < -0.3 is 0 Å². The molecule has 0 atom stereocenters. The molecule has 1 radical (unpaired) electrons. The Morgan fingerprint density at radius 1 is 0.222 bits per heavy atom. The molecule has 0 spiro atoms. The van der Waals surface area contributed by atoms with E-state index in [1.54, 1.807) is 0 Å². The molecule has 0 aromatic heterocycles. The Kier molecular flexibility index (Phi) is 5.06. The van der Waals surface area contributed by atoms with E-state index in [0.29, 0.717) is 0 Å². The zero-order chi connectivity index (χ0) is 29.5. The van der Waals surface area contributed by atoms with E-state index in [1.165, 1.54) is 86.2 Å². The van der Waals surface area contributed by atoms with E-state index in [4.69, 9.17) is 5.32 Å². The molecule has 0 heterocycles. The van der Waals surface area contributed by atoms with Crippen LogP contribution in [0.25, 0.3) is 86.2 Å². The van der Waals surface area contributed by atoms with E-state index in [9.17, 15) is 0 Å². The normalized spacial score (nSPS) is 12.0. The Balaban J connectivity index is 1.18. The van der Waals surface area contributed by atoms with E-state index in [0.717, 1.165) is 11.4 Å². The van der Waals surface area contributed by atoms with Crippen molar-refractivity contribution in [2.24, 2.45) is 0 Å². The Hall–Kier alpha value is -5.92. The van der Waals surface area contributed by atoms with Gasteiger partial charge in [-0.1, -0.05) is 97.1 Å². The van der Waals surface area contributed by atoms with Crippen LogP contribution >= 0.6 is 0 Å². The Morgan fingerprint density at radius 3 is 0.956 bits per heavy atom. The second kappa shape index (κ2) is 9.29. The van der Waals surface area contributed by atoms with Gasteiger partial charge in [-0.05, 0) is 136 Å². The smallest absolute Gasteiger partial charge is 0.0715 e. The minimum absolute atomic E-state index is 0.990. The summed E-state index contributed by atoms with van der Waals surface area (Å²) in [5, 5.41) is 25.3. The second-order valence-corrected chi connectivity index (χ2v) is 12.2. The molecule has 0 N–H and O–H groups in total. The lowest BCUT2D eigenvalue weighted by atomic mass is 9.95. The monoisotopic (exact) mass is 568 g/mol. The maximum atomic E-state index is 5.37. The Morgan fingerprint density at radius 2 is 0.533 bits per heavy atom. The highest BCUT2D eigenvalue weighted by Gasteiger charge is 2.12. The number of benzene rings is 10. The van der Waals surface area contributed by atoms with Crippen molar-refractivity contribution < 1.29 is 0 Å². The summed E-state index contributed by atoms with van der Waals surface area (Å²) in [4.78, 5) is 0. The molecule has 10 rings (SSSR count). The Bertz CT molecular complexity index is 2650. The first-order chi connectivity index (χ1) is 22.2. The van der Waals surface area contributed by atoms with Crippen LogP contribution in [0.2, 0.25) is 0 Å². The van der Waals surface area contributed by atoms with Crippen molar-refractivity contribution >= 4 is 97.6 Å². The first-order valence-corrected chi connectivity index (χ1v) is 15.5. The number of hydrogen-bond acceptors (Lipinski definition) is 0. The highest BCUT2D eigenvalue weighted by atomic mass is 14.9. The zero-order valence-electron chi connectivity index (χ0n) is 24.5. The summed E-state index contributed by atoms with van der Waals surface area (Å²) >= 11 is 0. The van der Waals surface area contributed by atoms with Crippen LogP contribution in [0.3, 0.4) is 0 Å². The molecule has 10 aromatic rings. The summed E-state index contributed by atoms with van der Waals surface area (Å²) in [7, 11) is 0. The predicted octanol–water partition coefficient (Wildman–Crippen LogP) is 12.5. The lowest BCUT2D eigenvalue weighted by Crippen LogP contribution is -1.92. The van der Waals surface area contributed by atoms with Crippen molar-refractivity contribution in [1.29, 1.82) is 0 Å². The van der Waals surface area contributed by atoms with Gasteiger partial charge in [-0.2, -0.15) is 0 Å². The fourth-order valence-electron chi connectivity index (χ4n) is 7.34. The van der Waals surface area contributed by atoms with Crippen molar-refractivity contribution in [1.82, 2.24) is 5.32 Å². The fraction of sp³-hybridized carbons (Fsp3) is 0. The van der Waals surface area contributed by atoms with Gasteiger partial charge in [0.25, 0.3) is 0 Å². The second-order valence-electron chi connectivity index (χ2n) is 12.2. The van der Waals surface area contributed by atoms with E-state index in [1.807, 2.05) is 0 Å². The third-order valence-corrected chi connectivity index (χ3v) is 9.60. The van der Waals surface area contributed by atoms with Crippen LogP contribution in [-0.2, 0) is 0 Å². The highest BCUT2D eigenvalue weighted by Crippen LogP contribution is 2.38. The largest absolute Gasteiger partial charge is 0.248 e. The molecule has 0 aliphatic carbocycles. The molecule has 1 nitrogen and oxygen atoms in total. The summed E-state index contributed by atoms with van der Waals surface area (Å²) in [5.41, 5.74) is 1.98. The van der Waals surface area contributed by atoms with Gasteiger partial charge in [0.1, 0.15) is 0 Å². The first-order valence-electron chi connectivity index (χ1n) is 15.5. The third-order valence-electron chi connectivity index (χ3n) is 9.60. The van der Waals surface area contributed by atoms with Crippen LogP contribution in [0, 0.1) is 0 Å². The summed E-state index contributed by atoms with van der Waals surface area (Å²) < 4.78 is 0. The molecule has 1 heteroatoms. The molecule has 0 bridgehead atoms. The topological polar surface area (TPSA) is 14.1 Å². The van der Waals surface area contributed by atoms with Gasteiger partial charge in [0.2, 0.25) is 0 Å². The van der Waals surface area contributed by atoms with E-state index in [2.05, 4.69) is 158 Å². The maximum Gasteiger partial charge on any atom is 0.0715 e. The van der Waals surface area contributed by atoms with Crippen molar-refractivity contribution in [3.05, 3.63) is 158 Å². The van der Waals surface area contributed by atoms with Gasteiger partial charge in [0.15, 0.2) is 0 Å². The minimum atomic E-state index is 0.990. The van der Waals surface area contributed by atoms with E-state index in [-0.39, 0.29) is 0 Å². The van der Waals surface area contributed by atoms with Crippen LogP contribution in [0.4, 0.5) is 11.4 Å². The van der Waals surface area contributed by atoms with Gasteiger partial charge in [-0.25, -0.2) is 5.32 Å². The summed E-state index contributed by atoms with van der Waals surface area (Å²) in [5.74, 6) is 0. The van der Waals surface area contributed by atoms with Crippen LogP contribution < -0.4 is 5.32 Å². The zero-order valence-corrected chi connectivity index (χ0v) is 24.5. The van der Waals surface area contributed by atoms with Gasteiger partial charge >= 0.3 is 0 Å². The Labute approximate surface area is 259 Å². The van der Waals surface area contributed by atoms with Crippen molar-refractivity contribution in [2.45, 2.75) is 0 Å². The van der Waals surface area contributed by atoms with E-state index < -0.39 is 0 Å². The van der Waals surface area contributed by atoms with Crippen molar-refractivity contribution in [3.8, 4) is 0 Å². The minimum Gasteiger partial charge on any atom is -0.248 e. The molecule has 207 valence electrons. The van der Waals surface area contributed by atoms with Gasteiger partial charge in [0, 0.05) is 10.8 Å². The maximum absolute atomic E-state index is 5.37. The summed E-state index contributed by atoms with van der Waals surface area (Å²) in [6, 6.07) is 57.8. The van der Waals surface area contributed by atoms with Crippen LogP contribution in [0.15, 0.2) is 158 Å². The van der Waals surface area contributed by atoms with Crippen LogP contribution in [0.1, 0.15) is 0 Å². The molecular formula is C44H26N. The average Bonchev–Trinajstić information content (AvgIpc) is 3.08. The number of nitrogens with zero attached hydrogens (tertiary/aromatic N) is 1. The van der Waals surface area contributed by atoms with Crippen molar-refractivity contribution in [2.75, 3.05) is 0 Å². The third kappa shape index (κ3) is 3.81. The van der Waals surface area contributed by atoms with Gasteiger partial charge in [0.05, 0.1) is 11.4 Å². The molecule has 0 aliphatic rings. The highest BCUT2D eigenvalue weighted by molar-refractivity contribution is 6.18. The molecular weight excluding hydrogens is 542 g/mol. The fourth-order valence-corrected chi connectivity index (χ4v) is 7.34. The molecule has 0 saturated carbocycles. The lowest BCUT2D eigenvalue weighted by Gasteiger charge is -2.13. The van der Waals surface area contributed by atoms with Crippen molar-refractivity contribution in [3.63, 3.8) is 0 Å². The molecule has 0 aliphatic heterocycles. The molecule has 0 amide bonds. The summed E-state index contributed by atoms with van der Waals surface area (Å²) in [6.07, 6.45) is 0. The van der Waals surface area contributed by atoms with Gasteiger partial charge in [-0.15, -0.1) is 0 Å². The van der Waals surface area contributed by atoms with Crippen LogP contribution in [0.5, 0.6) is 0 Å². The molecule has 0 saturated heterocycles. The lowest BCUT2D eigenvalue weighted by molar-refractivity contribution is 1.22. The average molecular weight is 569 g/mol. The van der Waals surface area contributed by atoms with Gasteiger partial charge in [-0.3, -0.25) is 0 Å². The SMILES string of the molecule is c1ccc2cc3c(ccc4cc5cccc([N]c6cccc7cc8ccc9cc%10ccccc%10cc9c8cc67)c5cc43)cc2c1. The number of hydrogen-bond donors (Lipinski definition) is 0. The molecule has 0 fully saturated rings. The summed E-state index contributed by atoms with van der Waals surface area (Å²) in [6.45, 7) is 0. The number of rotatable bonds is 2. The van der Waals surface area contributed by atoms with E-state index >= 15 is 0 Å².